The third-order valence-corrected chi connectivity index (χ3v) is 5.87. The van der Waals surface area contributed by atoms with Crippen LogP contribution in [0.4, 0.5) is 0 Å². The van der Waals surface area contributed by atoms with Crippen molar-refractivity contribution in [2.45, 2.75) is 44.9 Å². The van der Waals surface area contributed by atoms with E-state index in [1.165, 1.54) is 6.92 Å². The van der Waals surface area contributed by atoms with Gasteiger partial charge >= 0.3 is 5.97 Å². The van der Waals surface area contributed by atoms with Gasteiger partial charge < -0.3 is 9.84 Å². The van der Waals surface area contributed by atoms with Gasteiger partial charge in [-0.05, 0) is 24.5 Å². The second-order valence-corrected chi connectivity index (χ2v) is 11.1. The van der Waals surface area contributed by atoms with Gasteiger partial charge in [-0.3, -0.25) is 4.79 Å². The lowest BCUT2D eigenvalue weighted by Crippen LogP contribution is -2.31. The number of aliphatic hydroxyl groups is 1. The molecule has 0 aromatic heterocycles. The Kier molecular flexibility index (Phi) is 4.33. The van der Waals surface area contributed by atoms with E-state index >= 15 is 0 Å². The first-order valence-corrected chi connectivity index (χ1v) is 9.43. The molecule has 0 aromatic carbocycles. The Morgan fingerprint density at radius 1 is 1.50 bits per heavy atom. The minimum atomic E-state index is -1.24. The fraction of sp³-hybridized carbons (Fsp3) is 0.750. The predicted octanol–water partition coefficient (Wildman–Crippen LogP) is 2.54. The summed E-state index contributed by atoms with van der Waals surface area (Å²) in [6.45, 7) is 8.43. The summed E-state index contributed by atoms with van der Waals surface area (Å²) in [6, 6.07) is 0. The zero-order valence-electron chi connectivity index (χ0n) is 10.6. The van der Waals surface area contributed by atoms with Crippen molar-refractivity contribution in [3.05, 3.63) is 11.8 Å². The van der Waals surface area contributed by atoms with Crippen LogP contribution in [-0.4, -0.2) is 25.8 Å². The van der Waals surface area contributed by atoms with Gasteiger partial charge in [-0.25, -0.2) is 0 Å². The van der Waals surface area contributed by atoms with E-state index in [1.807, 2.05) is 0 Å². The van der Waals surface area contributed by atoms with Crippen LogP contribution in [0.3, 0.4) is 0 Å². The minimum absolute atomic E-state index is 0.0106. The van der Waals surface area contributed by atoms with Crippen molar-refractivity contribution in [2.75, 3.05) is 6.61 Å². The molecule has 16 heavy (non-hydrogen) atoms. The Morgan fingerprint density at radius 2 is 2.12 bits per heavy atom. The molecule has 1 aliphatic rings. The number of carbonyl (C=O) groups excluding carboxylic acids is 1. The van der Waals surface area contributed by atoms with Crippen molar-refractivity contribution in [3.8, 4) is 0 Å². The summed E-state index contributed by atoms with van der Waals surface area (Å²) < 4.78 is 5.20. The second-order valence-electron chi connectivity index (χ2n) is 5.59. The number of esters is 1. The molecule has 0 aliphatic heterocycles. The van der Waals surface area contributed by atoms with Crippen LogP contribution >= 0.6 is 0 Å². The van der Waals surface area contributed by atoms with Crippen LogP contribution in [0.5, 0.6) is 0 Å². The molecule has 92 valence electrons. The molecule has 0 amide bonds. The number of ether oxygens (including phenoxy) is 1. The van der Waals surface area contributed by atoms with Crippen LogP contribution in [0, 0.1) is 5.92 Å². The van der Waals surface area contributed by atoms with Crippen LogP contribution in [0.1, 0.15) is 19.8 Å². The van der Waals surface area contributed by atoms with Gasteiger partial charge in [0.1, 0.15) is 5.76 Å². The highest BCUT2D eigenvalue weighted by Gasteiger charge is 2.32. The third kappa shape index (κ3) is 3.45. The zero-order valence-corrected chi connectivity index (χ0v) is 11.6. The van der Waals surface area contributed by atoms with Crippen LogP contribution in [0.2, 0.25) is 25.2 Å². The summed E-state index contributed by atoms with van der Waals surface area (Å²) in [4.78, 5) is 11.0. The average molecular weight is 242 g/mol. The molecule has 0 spiro atoms. The molecule has 1 aliphatic carbocycles. The number of aliphatic hydroxyl groups excluding tert-OH is 1. The zero-order chi connectivity index (χ0) is 12.3. The van der Waals surface area contributed by atoms with Crippen molar-refractivity contribution in [2.24, 2.45) is 5.92 Å². The van der Waals surface area contributed by atoms with Crippen molar-refractivity contribution >= 4 is 14.0 Å². The molecule has 0 radical (unpaired) electrons. The quantitative estimate of drug-likeness (QED) is 0.611. The smallest absolute Gasteiger partial charge is 0.307 e. The third-order valence-electron chi connectivity index (χ3n) is 3.19. The number of hydrogen-bond acceptors (Lipinski definition) is 3. The van der Waals surface area contributed by atoms with Crippen molar-refractivity contribution in [3.63, 3.8) is 0 Å². The molecule has 0 saturated carbocycles. The Hall–Kier alpha value is -0.613. The van der Waals surface area contributed by atoms with E-state index in [4.69, 9.17) is 4.74 Å². The summed E-state index contributed by atoms with van der Waals surface area (Å²) in [5.74, 6) is 0.408. The molecular formula is C12H22O3Si. The molecule has 0 saturated heterocycles. The van der Waals surface area contributed by atoms with E-state index in [-0.39, 0.29) is 18.5 Å². The van der Waals surface area contributed by atoms with Crippen molar-refractivity contribution < 1.29 is 14.6 Å². The maximum atomic E-state index is 11.0. The number of rotatable bonds is 3. The van der Waals surface area contributed by atoms with Gasteiger partial charge in [-0.2, -0.15) is 0 Å². The highest BCUT2D eigenvalue weighted by Crippen LogP contribution is 2.38. The van der Waals surface area contributed by atoms with E-state index in [0.29, 0.717) is 11.3 Å². The van der Waals surface area contributed by atoms with E-state index in [2.05, 4.69) is 25.7 Å². The predicted molar refractivity (Wildman–Crippen MR) is 66.8 cm³/mol. The molecule has 1 N–H and O–H groups in total. The lowest BCUT2D eigenvalue weighted by atomic mass is 9.94. The Balaban J connectivity index is 2.86. The number of carbonyl (C=O) groups is 1. The van der Waals surface area contributed by atoms with E-state index in [1.54, 1.807) is 0 Å². The van der Waals surface area contributed by atoms with Gasteiger partial charge in [0.15, 0.2) is 0 Å². The van der Waals surface area contributed by atoms with Gasteiger partial charge in [0, 0.05) is 12.8 Å². The van der Waals surface area contributed by atoms with Crippen LogP contribution < -0.4 is 0 Å². The monoisotopic (exact) mass is 242 g/mol. The summed E-state index contributed by atoms with van der Waals surface area (Å²) >= 11 is 0. The standard InChI is InChI=1S/C12H22O3Si/c1-9(14)15-12-7-11(16(2,3)4)6-5-10(12)8-13/h7,10-11,13H,5-6,8H2,1-4H3/t10?,11-/m0/s1. The van der Waals surface area contributed by atoms with Gasteiger partial charge in [0.05, 0.1) is 14.7 Å². The number of allylic oxidation sites excluding steroid dienone is 1. The van der Waals surface area contributed by atoms with Gasteiger partial charge in [-0.15, -0.1) is 0 Å². The van der Waals surface area contributed by atoms with Gasteiger partial charge in [-0.1, -0.05) is 19.6 Å². The average Bonchev–Trinajstić information content (AvgIpc) is 2.15. The molecule has 1 unspecified atom stereocenters. The summed E-state index contributed by atoms with van der Waals surface area (Å²) in [5, 5.41) is 9.24. The molecule has 4 heteroatoms. The largest absolute Gasteiger partial charge is 0.431 e. The Labute approximate surface area is 98.5 Å². The maximum absolute atomic E-state index is 11.0. The molecule has 0 fully saturated rings. The topological polar surface area (TPSA) is 46.5 Å². The SMILES string of the molecule is CC(=O)OC1=C[C@@H]([Si](C)(C)C)CCC1CO. The van der Waals surface area contributed by atoms with Gasteiger partial charge in [0.25, 0.3) is 0 Å². The fourth-order valence-corrected chi connectivity index (χ4v) is 3.79. The lowest BCUT2D eigenvalue weighted by Gasteiger charge is -2.33. The molecular weight excluding hydrogens is 220 g/mol. The van der Waals surface area contributed by atoms with Crippen LogP contribution in [-0.2, 0) is 9.53 Å². The van der Waals surface area contributed by atoms with E-state index in [9.17, 15) is 9.90 Å². The summed E-state index contributed by atoms with van der Waals surface area (Å²) in [6.07, 6.45) is 4.11. The van der Waals surface area contributed by atoms with E-state index < -0.39 is 8.07 Å². The number of hydrogen-bond donors (Lipinski definition) is 1. The molecule has 0 heterocycles. The summed E-state index contributed by atoms with van der Waals surface area (Å²) in [7, 11) is -1.24. The van der Waals surface area contributed by atoms with Crippen molar-refractivity contribution in [1.82, 2.24) is 0 Å². The first kappa shape index (κ1) is 13.5. The molecule has 0 aromatic rings. The van der Waals surface area contributed by atoms with Crippen LogP contribution in [0.25, 0.3) is 0 Å². The lowest BCUT2D eigenvalue weighted by molar-refractivity contribution is -0.138. The molecule has 1 rings (SSSR count). The highest BCUT2D eigenvalue weighted by molar-refractivity contribution is 6.78. The normalized spacial score (nSPS) is 26.2. The highest BCUT2D eigenvalue weighted by atomic mass is 28.3. The molecule has 2 atom stereocenters. The molecule has 3 nitrogen and oxygen atoms in total. The Morgan fingerprint density at radius 3 is 2.56 bits per heavy atom. The minimum Gasteiger partial charge on any atom is -0.431 e. The fourth-order valence-electron chi connectivity index (χ4n) is 2.09. The van der Waals surface area contributed by atoms with Gasteiger partial charge in [0.2, 0.25) is 0 Å². The molecule has 0 bridgehead atoms. The Bertz CT molecular complexity index is 291. The first-order valence-electron chi connectivity index (χ1n) is 5.85. The summed E-state index contributed by atoms with van der Waals surface area (Å²) in [5.41, 5.74) is 0.546. The van der Waals surface area contributed by atoms with Crippen LogP contribution in [0.15, 0.2) is 11.8 Å². The second kappa shape index (κ2) is 5.14. The first-order chi connectivity index (χ1) is 7.34. The maximum Gasteiger partial charge on any atom is 0.307 e. The van der Waals surface area contributed by atoms with E-state index in [0.717, 1.165) is 12.8 Å². The van der Waals surface area contributed by atoms with Crippen molar-refractivity contribution in [1.29, 1.82) is 0 Å².